The van der Waals surface area contributed by atoms with Gasteiger partial charge in [0.05, 0.1) is 11.5 Å². The van der Waals surface area contributed by atoms with E-state index in [1.54, 1.807) is 0 Å². The van der Waals surface area contributed by atoms with Crippen LogP contribution in [0.3, 0.4) is 0 Å². The molecule has 1 aromatic rings. The Kier molecular flexibility index (Phi) is 8.28. The molecule has 11 heteroatoms. The summed E-state index contributed by atoms with van der Waals surface area (Å²) in [4.78, 5) is 10.5. The molecule has 1 aromatic carbocycles. The molecule has 0 bridgehead atoms. The van der Waals surface area contributed by atoms with Crippen LogP contribution >= 0.6 is 0 Å². The molecule has 0 aromatic heterocycles. The van der Waals surface area contributed by atoms with Crippen LogP contribution in [0.25, 0.3) is 0 Å². The van der Waals surface area contributed by atoms with Gasteiger partial charge in [0.1, 0.15) is 24.1 Å². The molecule has 0 saturated carbocycles. The number of hydrogen-bond acceptors (Lipinski definition) is 8. The summed E-state index contributed by atoms with van der Waals surface area (Å²) in [5.41, 5.74) is 0.622. The average molecular weight is 514 g/mol. The van der Waals surface area contributed by atoms with E-state index in [9.17, 15) is 15.2 Å². The minimum Gasteiger partial charge on any atom is -0.462 e. The summed E-state index contributed by atoms with van der Waals surface area (Å²) < 4.78 is 32.6. The number of ether oxygens (including phenoxy) is 2. The van der Waals surface area contributed by atoms with E-state index in [0.717, 1.165) is 0 Å². The van der Waals surface area contributed by atoms with Gasteiger partial charge in [0.25, 0.3) is 5.69 Å². The number of rotatable bonds is 7. The quantitative estimate of drug-likeness (QED) is 0.308. The molecule has 2 aliphatic rings. The number of non-ortho nitro benzene ring substituents is 1. The Morgan fingerprint density at radius 2 is 1.50 bits per heavy atom. The minimum atomic E-state index is -2.88. The first-order valence-corrected chi connectivity index (χ1v) is 16.0. The summed E-state index contributed by atoms with van der Waals surface area (Å²) in [6.45, 7) is 17.3. The molecule has 0 amide bonds. The first kappa shape index (κ1) is 27.2. The van der Waals surface area contributed by atoms with Crippen molar-refractivity contribution in [2.24, 2.45) is 0 Å². The summed E-state index contributed by atoms with van der Waals surface area (Å²) in [5, 5.41) is 22.1. The van der Waals surface area contributed by atoms with Gasteiger partial charge in [-0.2, -0.15) is 0 Å². The van der Waals surface area contributed by atoms with Crippen molar-refractivity contribution in [3.63, 3.8) is 0 Å². The third-order valence-electron chi connectivity index (χ3n) is 6.92. The van der Waals surface area contributed by atoms with E-state index in [-0.39, 0.29) is 34.5 Å². The van der Waals surface area contributed by atoms with Crippen LogP contribution in [0.2, 0.25) is 22.2 Å². The highest BCUT2D eigenvalue weighted by Crippen LogP contribution is 2.47. The van der Waals surface area contributed by atoms with Crippen molar-refractivity contribution in [1.82, 2.24) is 0 Å². The Morgan fingerprint density at radius 1 is 0.971 bits per heavy atom. The Morgan fingerprint density at radius 3 is 1.97 bits per heavy atom. The first-order valence-electron chi connectivity index (χ1n) is 12.1. The molecule has 1 N–H and O–H groups in total. The van der Waals surface area contributed by atoms with Crippen LogP contribution < -0.4 is 4.74 Å². The van der Waals surface area contributed by atoms with Gasteiger partial charge in [-0.25, -0.2) is 0 Å². The van der Waals surface area contributed by atoms with Gasteiger partial charge in [0.15, 0.2) is 0 Å². The Labute approximate surface area is 204 Å². The van der Waals surface area contributed by atoms with Crippen LogP contribution in [0.1, 0.15) is 55.4 Å². The fraction of sp³-hybridized carbons (Fsp3) is 0.739. The molecule has 0 spiro atoms. The van der Waals surface area contributed by atoms with Crippen molar-refractivity contribution < 1.29 is 32.5 Å². The lowest BCUT2D eigenvalue weighted by Gasteiger charge is -2.51. The molecular weight excluding hydrogens is 474 g/mol. The minimum absolute atomic E-state index is 0.0379. The second-order valence-electron chi connectivity index (χ2n) is 10.5. The molecule has 9 nitrogen and oxygen atoms in total. The maximum atomic E-state index is 11.2. The highest BCUT2D eigenvalue weighted by Gasteiger charge is 2.61. The number of nitro groups is 1. The highest BCUT2D eigenvalue weighted by molar-refractivity contribution is 6.83. The lowest BCUT2D eigenvalue weighted by molar-refractivity contribution is -0.384. The van der Waals surface area contributed by atoms with Gasteiger partial charge >= 0.3 is 17.1 Å². The lowest BCUT2D eigenvalue weighted by atomic mass is 10.1. The third-order valence-corrected chi connectivity index (χ3v) is 17.2. The zero-order chi connectivity index (χ0) is 25.4. The normalized spacial score (nSPS) is 28.7. The maximum Gasteiger partial charge on any atom is 0.335 e. The fourth-order valence-electron chi connectivity index (χ4n) is 5.00. The number of nitro benzene ring substituents is 1. The molecule has 34 heavy (non-hydrogen) atoms. The van der Waals surface area contributed by atoms with Crippen molar-refractivity contribution in [3.05, 3.63) is 34.4 Å². The second-order valence-corrected chi connectivity index (χ2v) is 19.3. The van der Waals surface area contributed by atoms with Gasteiger partial charge in [-0.15, -0.1) is 0 Å². The SMILES string of the molecule is CC(C)[Si]1(C(C)C)OC[C@@H]2O[C@@H](Oc3ccc([N+](=O)[O-])cc3)[C@H](O)[C@H]2O[Si](C(C)C)(C(C)C)O1. The van der Waals surface area contributed by atoms with Crippen molar-refractivity contribution in [2.75, 3.05) is 6.61 Å². The van der Waals surface area contributed by atoms with Gasteiger partial charge in [0.2, 0.25) is 6.29 Å². The van der Waals surface area contributed by atoms with Gasteiger partial charge in [-0.05, 0) is 34.3 Å². The summed E-state index contributed by atoms with van der Waals surface area (Å²) >= 11 is 0. The van der Waals surface area contributed by atoms with Gasteiger partial charge < -0.3 is 27.5 Å². The standard InChI is InChI=1S/C23H39NO8Si2/c1-14(2)33(15(3)4)28-13-20-22(31-34(32-33,16(5)6)17(7)8)21(25)23(30-20)29-19-11-9-18(10-12-19)24(26)27/h9-12,14-17,20-23,25H,13H2,1-8H3/t20-,21+,22-,23+/m0/s1. The molecule has 2 aliphatic heterocycles. The molecular formula is C23H39NO8Si2. The topological polar surface area (TPSA) is 110 Å². The van der Waals surface area contributed by atoms with Gasteiger partial charge in [-0.1, -0.05) is 55.4 Å². The van der Waals surface area contributed by atoms with E-state index in [1.807, 2.05) is 0 Å². The van der Waals surface area contributed by atoms with Crippen LogP contribution in [0.15, 0.2) is 24.3 Å². The number of aliphatic hydroxyl groups is 1. The number of benzene rings is 1. The van der Waals surface area contributed by atoms with Gasteiger partial charge in [0, 0.05) is 12.1 Å². The van der Waals surface area contributed by atoms with E-state index in [1.165, 1.54) is 24.3 Å². The van der Waals surface area contributed by atoms with Crippen molar-refractivity contribution in [3.8, 4) is 5.75 Å². The predicted molar refractivity (Wildman–Crippen MR) is 132 cm³/mol. The molecule has 2 saturated heterocycles. The van der Waals surface area contributed by atoms with E-state index >= 15 is 0 Å². The molecule has 0 aliphatic carbocycles. The number of aliphatic hydroxyl groups excluding tert-OH is 1. The van der Waals surface area contributed by atoms with Crippen LogP contribution in [-0.2, 0) is 17.7 Å². The zero-order valence-electron chi connectivity index (χ0n) is 21.4. The highest BCUT2D eigenvalue weighted by atomic mass is 28.5. The smallest absolute Gasteiger partial charge is 0.335 e. The second kappa shape index (κ2) is 10.3. The molecule has 0 radical (unpaired) electrons. The molecule has 0 unspecified atom stereocenters. The Bertz CT molecular complexity index is 832. The average Bonchev–Trinajstić information content (AvgIpc) is 3.01. The first-order chi connectivity index (χ1) is 15.8. The van der Waals surface area contributed by atoms with E-state index in [4.69, 9.17) is 22.4 Å². The maximum absolute atomic E-state index is 11.2. The molecule has 4 atom stereocenters. The number of fused-ring (bicyclic) bond motifs is 1. The van der Waals surface area contributed by atoms with E-state index < -0.39 is 46.6 Å². The van der Waals surface area contributed by atoms with Crippen molar-refractivity contribution in [2.45, 2.75) is 102 Å². The monoisotopic (exact) mass is 513 g/mol. The number of hydrogen-bond donors (Lipinski definition) is 1. The molecule has 2 fully saturated rings. The lowest BCUT2D eigenvalue weighted by Crippen LogP contribution is -2.65. The summed E-state index contributed by atoms with van der Waals surface area (Å²) in [5.74, 6) is 0.366. The van der Waals surface area contributed by atoms with Crippen LogP contribution in [-0.4, -0.2) is 58.4 Å². The van der Waals surface area contributed by atoms with Crippen LogP contribution in [0.4, 0.5) is 5.69 Å². The van der Waals surface area contributed by atoms with E-state index in [0.29, 0.717) is 5.75 Å². The van der Waals surface area contributed by atoms with Gasteiger partial charge in [-0.3, -0.25) is 10.1 Å². The summed E-state index contributed by atoms with van der Waals surface area (Å²) in [7, 11) is -5.59. The van der Waals surface area contributed by atoms with Crippen molar-refractivity contribution in [1.29, 1.82) is 0 Å². The summed E-state index contributed by atoms with van der Waals surface area (Å²) in [6.07, 6.45) is -3.23. The summed E-state index contributed by atoms with van der Waals surface area (Å²) in [6, 6.07) is 5.69. The fourth-order valence-corrected chi connectivity index (χ4v) is 16.2. The molecule has 192 valence electrons. The van der Waals surface area contributed by atoms with Crippen LogP contribution in [0, 0.1) is 10.1 Å². The van der Waals surface area contributed by atoms with Crippen molar-refractivity contribution >= 4 is 22.8 Å². The van der Waals surface area contributed by atoms with E-state index in [2.05, 4.69) is 55.4 Å². The van der Waals surface area contributed by atoms with Crippen LogP contribution in [0.5, 0.6) is 5.75 Å². The Hall–Kier alpha value is -1.35. The number of nitrogens with zero attached hydrogens (tertiary/aromatic N) is 1. The largest absolute Gasteiger partial charge is 0.462 e. The third kappa shape index (κ3) is 4.97. The molecule has 2 heterocycles. The zero-order valence-corrected chi connectivity index (χ0v) is 23.4. The predicted octanol–water partition coefficient (Wildman–Crippen LogP) is 5.02. The Balaban J connectivity index is 1.93. The molecule has 3 rings (SSSR count).